The Hall–Kier alpha value is -0.810. The molecular formula is C15H20O3S2. The van der Waals surface area contributed by atoms with E-state index in [4.69, 9.17) is 9.84 Å². The van der Waals surface area contributed by atoms with E-state index in [0.717, 1.165) is 18.6 Å². The molecule has 1 aromatic rings. The molecule has 3 nitrogen and oxygen atoms in total. The van der Waals surface area contributed by atoms with Crippen molar-refractivity contribution in [3.8, 4) is 5.75 Å². The molecule has 1 N–H and O–H groups in total. The van der Waals surface area contributed by atoms with Crippen molar-refractivity contribution in [2.45, 2.75) is 35.9 Å². The van der Waals surface area contributed by atoms with Crippen LogP contribution in [0.15, 0.2) is 24.3 Å². The number of aliphatic carboxylic acids is 1. The minimum Gasteiger partial charge on any atom is -0.490 e. The normalized spacial score (nSPS) is 20.0. The van der Waals surface area contributed by atoms with E-state index in [0.29, 0.717) is 6.42 Å². The number of para-hydroxylation sites is 1. The van der Waals surface area contributed by atoms with E-state index in [1.54, 1.807) is 0 Å². The number of hydrogen-bond donors (Lipinski definition) is 1. The van der Waals surface area contributed by atoms with E-state index in [9.17, 15) is 4.79 Å². The average Bonchev–Trinajstić information content (AvgIpc) is 2.46. The van der Waals surface area contributed by atoms with Crippen LogP contribution in [-0.2, 0) is 8.87 Å². The molecule has 5 heteroatoms. The summed E-state index contributed by atoms with van der Waals surface area (Å²) in [6.07, 6.45) is 6.97. The minimum atomic E-state index is -0.734. The van der Waals surface area contributed by atoms with Gasteiger partial charge in [0, 0.05) is 18.4 Å². The minimum absolute atomic E-state index is 0.0166. The molecule has 1 heterocycles. The van der Waals surface area contributed by atoms with Crippen LogP contribution in [0.5, 0.6) is 5.75 Å². The first-order chi connectivity index (χ1) is 9.61. The predicted octanol–water partition coefficient (Wildman–Crippen LogP) is 3.97. The van der Waals surface area contributed by atoms with Crippen molar-refractivity contribution in [3.63, 3.8) is 0 Å². The van der Waals surface area contributed by atoms with Crippen molar-refractivity contribution < 1.29 is 14.6 Å². The van der Waals surface area contributed by atoms with Gasteiger partial charge in [-0.2, -0.15) is 0 Å². The Labute approximate surface area is 128 Å². The summed E-state index contributed by atoms with van der Waals surface area (Å²) in [7, 11) is 0. The zero-order valence-electron chi connectivity index (χ0n) is 11.8. The molecular weight excluding hydrogens is 292 g/mol. The number of rotatable bonds is 6. The summed E-state index contributed by atoms with van der Waals surface area (Å²) in [5.41, 5.74) is 1.24. The fraction of sp³-hybridized carbons (Fsp3) is 0.533. The van der Waals surface area contributed by atoms with Gasteiger partial charge in [0.2, 0.25) is 0 Å². The summed E-state index contributed by atoms with van der Waals surface area (Å²) in [5.74, 6) is 0.213. The molecule has 0 saturated heterocycles. The van der Waals surface area contributed by atoms with Gasteiger partial charge >= 0.3 is 5.97 Å². The lowest BCUT2D eigenvalue weighted by Gasteiger charge is -2.40. The third kappa shape index (κ3) is 3.26. The molecule has 1 aliphatic rings. The highest BCUT2D eigenvalue weighted by atomic mass is 32.2. The SMILES string of the molecule is CSC1(SC)CC(CCCC(=O)O)Oc2ccccc21. The Morgan fingerprint density at radius 3 is 2.75 bits per heavy atom. The second-order valence-electron chi connectivity index (χ2n) is 4.89. The van der Waals surface area contributed by atoms with Crippen LogP contribution in [0.2, 0.25) is 0 Å². The molecule has 0 radical (unpaired) electrons. The zero-order chi connectivity index (χ0) is 14.6. The summed E-state index contributed by atoms with van der Waals surface area (Å²) < 4.78 is 6.07. The predicted molar refractivity (Wildman–Crippen MR) is 85.7 cm³/mol. The van der Waals surface area contributed by atoms with Gasteiger partial charge in [-0.05, 0) is 31.4 Å². The first kappa shape index (κ1) is 15.6. The fourth-order valence-corrected chi connectivity index (χ4v) is 4.78. The molecule has 1 aromatic carbocycles. The van der Waals surface area contributed by atoms with Gasteiger partial charge in [-0.1, -0.05) is 18.2 Å². The number of benzene rings is 1. The van der Waals surface area contributed by atoms with Crippen LogP contribution in [0.25, 0.3) is 0 Å². The van der Waals surface area contributed by atoms with Gasteiger partial charge in [0.25, 0.3) is 0 Å². The molecule has 0 amide bonds. The standard InChI is InChI=1S/C15H20O3S2/c1-19-15(20-2)10-11(6-5-9-14(16)17)18-13-8-4-3-7-12(13)15/h3-4,7-8,11H,5-6,9-10H2,1-2H3,(H,16,17). The van der Waals surface area contributed by atoms with Gasteiger partial charge in [-0.25, -0.2) is 0 Å². The third-order valence-corrected chi connectivity index (χ3v) is 6.76. The van der Waals surface area contributed by atoms with Crippen LogP contribution >= 0.6 is 23.5 Å². The van der Waals surface area contributed by atoms with Gasteiger partial charge in [0.15, 0.2) is 0 Å². The molecule has 1 atom stereocenters. The summed E-state index contributed by atoms with van der Waals surface area (Å²) in [6, 6.07) is 8.19. The first-order valence-electron chi connectivity index (χ1n) is 6.69. The number of carbonyl (C=O) groups is 1. The zero-order valence-corrected chi connectivity index (χ0v) is 13.4. The Morgan fingerprint density at radius 2 is 2.10 bits per heavy atom. The van der Waals surface area contributed by atoms with E-state index < -0.39 is 5.97 Å². The van der Waals surface area contributed by atoms with Crippen LogP contribution in [0, 0.1) is 0 Å². The number of carboxylic acid groups (broad SMARTS) is 1. The van der Waals surface area contributed by atoms with Gasteiger partial charge in [-0.15, -0.1) is 23.5 Å². The highest BCUT2D eigenvalue weighted by Gasteiger charge is 2.40. The van der Waals surface area contributed by atoms with Crippen LogP contribution in [-0.4, -0.2) is 29.7 Å². The number of thioether (sulfide) groups is 2. The topological polar surface area (TPSA) is 46.5 Å². The maximum Gasteiger partial charge on any atom is 0.303 e. The number of fused-ring (bicyclic) bond motifs is 1. The van der Waals surface area contributed by atoms with Crippen molar-refractivity contribution in [3.05, 3.63) is 29.8 Å². The third-order valence-electron chi connectivity index (χ3n) is 3.66. The summed E-state index contributed by atoms with van der Waals surface area (Å²) in [5, 5.41) is 8.75. The van der Waals surface area contributed by atoms with Crippen molar-refractivity contribution in [1.29, 1.82) is 0 Å². The quantitative estimate of drug-likeness (QED) is 0.805. The maximum absolute atomic E-state index is 10.6. The molecule has 0 aromatic heterocycles. The molecule has 0 spiro atoms. The highest BCUT2D eigenvalue weighted by Crippen LogP contribution is 2.54. The monoisotopic (exact) mass is 312 g/mol. The molecule has 110 valence electrons. The van der Waals surface area contributed by atoms with Crippen LogP contribution in [0.4, 0.5) is 0 Å². The molecule has 0 saturated carbocycles. The van der Waals surface area contributed by atoms with E-state index in [1.165, 1.54) is 5.56 Å². The van der Waals surface area contributed by atoms with Gasteiger partial charge in [0.05, 0.1) is 4.08 Å². The fourth-order valence-electron chi connectivity index (χ4n) is 2.63. The highest BCUT2D eigenvalue weighted by molar-refractivity contribution is 8.16. The van der Waals surface area contributed by atoms with Gasteiger partial charge < -0.3 is 9.84 Å². The average molecular weight is 312 g/mol. The Morgan fingerprint density at radius 1 is 1.40 bits per heavy atom. The van der Waals surface area contributed by atoms with Crippen molar-refractivity contribution >= 4 is 29.5 Å². The van der Waals surface area contributed by atoms with Gasteiger partial charge in [-0.3, -0.25) is 4.79 Å². The van der Waals surface area contributed by atoms with Crippen LogP contribution < -0.4 is 4.74 Å². The van der Waals surface area contributed by atoms with Crippen molar-refractivity contribution in [2.24, 2.45) is 0 Å². The van der Waals surface area contributed by atoms with Crippen molar-refractivity contribution in [1.82, 2.24) is 0 Å². The molecule has 0 fully saturated rings. The number of carboxylic acids is 1. The maximum atomic E-state index is 10.6. The van der Waals surface area contributed by atoms with Crippen molar-refractivity contribution in [2.75, 3.05) is 12.5 Å². The van der Waals surface area contributed by atoms with E-state index in [2.05, 4.69) is 18.6 Å². The van der Waals surface area contributed by atoms with E-state index in [-0.39, 0.29) is 16.6 Å². The second-order valence-corrected chi connectivity index (χ2v) is 7.36. The molecule has 2 rings (SSSR count). The second kappa shape index (κ2) is 6.76. The van der Waals surface area contributed by atoms with E-state index >= 15 is 0 Å². The summed E-state index contributed by atoms with van der Waals surface area (Å²) >= 11 is 3.69. The molecule has 20 heavy (non-hydrogen) atoms. The number of hydrogen-bond acceptors (Lipinski definition) is 4. The lowest BCUT2D eigenvalue weighted by Crippen LogP contribution is -2.34. The molecule has 1 unspecified atom stereocenters. The number of ether oxygens (including phenoxy) is 1. The van der Waals surface area contributed by atoms with Crippen LogP contribution in [0.1, 0.15) is 31.2 Å². The largest absolute Gasteiger partial charge is 0.490 e. The summed E-state index contributed by atoms with van der Waals surface area (Å²) in [6.45, 7) is 0. The molecule has 0 bridgehead atoms. The van der Waals surface area contributed by atoms with E-state index in [1.807, 2.05) is 41.7 Å². The first-order valence-corrected chi connectivity index (χ1v) is 9.14. The van der Waals surface area contributed by atoms with Crippen LogP contribution in [0.3, 0.4) is 0 Å². The molecule has 1 aliphatic heterocycles. The Bertz CT molecular complexity index is 472. The van der Waals surface area contributed by atoms with Gasteiger partial charge in [0.1, 0.15) is 11.9 Å². The Kier molecular flexibility index (Phi) is 5.27. The summed E-state index contributed by atoms with van der Waals surface area (Å²) in [4.78, 5) is 10.6. The smallest absolute Gasteiger partial charge is 0.303 e. The lowest BCUT2D eigenvalue weighted by molar-refractivity contribution is -0.137. The lowest BCUT2D eigenvalue weighted by atomic mass is 9.97. The Balaban J connectivity index is 2.16. The molecule has 0 aliphatic carbocycles.